The van der Waals surface area contributed by atoms with E-state index >= 15 is 0 Å². The highest BCUT2D eigenvalue weighted by Gasteiger charge is 2.46. The van der Waals surface area contributed by atoms with Crippen LogP contribution in [0.4, 0.5) is 4.39 Å². The van der Waals surface area contributed by atoms with Crippen molar-refractivity contribution in [3.05, 3.63) is 34.6 Å². The molecule has 0 bridgehead atoms. The maximum absolute atomic E-state index is 13.6. The Kier molecular flexibility index (Phi) is 3.09. The van der Waals surface area contributed by atoms with E-state index in [0.717, 1.165) is 12.1 Å². The fourth-order valence-electron chi connectivity index (χ4n) is 2.67. The van der Waals surface area contributed by atoms with Gasteiger partial charge in [0.15, 0.2) is 6.29 Å². The van der Waals surface area contributed by atoms with Crippen LogP contribution in [0.5, 0.6) is 0 Å². The van der Waals surface area contributed by atoms with Crippen LogP contribution in [-0.2, 0) is 9.59 Å². The molecule has 2 heterocycles. The lowest BCUT2D eigenvalue weighted by Gasteiger charge is -2.27. The topological polar surface area (TPSA) is 101 Å². The number of rotatable bonds is 2. The Bertz CT molecular complexity index is 758. The van der Waals surface area contributed by atoms with E-state index in [1.807, 2.05) is 5.32 Å². The van der Waals surface area contributed by atoms with Crippen molar-refractivity contribution in [3.63, 3.8) is 0 Å². The molecule has 22 heavy (non-hydrogen) atoms. The van der Waals surface area contributed by atoms with Crippen LogP contribution in [0.25, 0.3) is 0 Å². The summed E-state index contributed by atoms with van der Waals surface area (Å²) in [4.78, 5) is 59.3. The van der Waals surface area contributed by atoms with E-state index in [2.05, 4.69) is 0 Å². The number of piperidine rings is 1. The highest BCUT2D eigenvalue weighted by atomic mass is 19.1. The Morgan fingerprint density at radius 3 is 2.55 bits per heavy atom. The molecule has 0 saturated carbocycles. The maximum Gasteiger partial charge on any atom is 0.263 e. The van der Waals surface area contributed by atoms with Gasteiger partial charge in [0.1, 0.15) is 11.9 Å². The number of carbonyl (C=O) groups is 5. The predicted molar refractivity (Wildman–Crippen MR) is 68.5 cm³/mol. The fraction of sp³-hybridized carbons (Fsp3) is 0.214. The van der Waals surface area contributed by atoms with E-state index in [1.165, 1.54) is 0 Å². The van der Waals surface area contributed by atoms with Crippen LogP contribution in [0.2, 0.25) is 0 Å². The Morgan fingerprint density at radius 2 is 1.91 bits per heavy atom. The maximum atomic E-state index is 13.6. The van der Waals surface area contributed by atoms with Gasteiger partial charge in [-0.25, -0.2) is 4.39 Å². The normalized spacial score (nSPS) is 21.0. The van der Waals surface area contributed by atoms with Crippen molar-refractivity contribution in [1.82, 2.24) is 10.2 Å². The first-order valence-corrected chi connectivity index (χ1v) is 6.45. The van der Waals surface area contributed by atoms with E-state index < -0.39 is 41.1 Å². The zero-order chi connectivity index (χ0) is 16.0. The van der Waals surface area contributed by atoms with Crippen molar-refractivity contribution >= 4 is 29.9 Å². The van der Waals surface area contributed by atoms with Crippen LogP contribution in [0.3, 0.4) is 0 Å². The quantitative estimate of drug-likeness (QED) is 0.614. The minimum absolute atomic E-state index is 0.00492. The molecule has 8 heteroatoms. The summed E-state index contributed by atoms with van der Waals surface area (Å²) in [7, 11) is 0. The summed E-state index contributed by atoms with van der Waals surface area (Å²) < 4.78 is 13.6. The summed E-state index contributed by atoms with van der Waals surface area (Å²) in [6.45, 7) is 0. The van der Waals surface area contributed by atoms with Gasteiger partial charge in [0.2, 0.25) is 11.8 Å². The van der Waals surface area contributed by atoms with Gasteiger partial charge < -0.3 is 0 Å². The Hall–Kier alpha value is -2.90. The number of aldehydes is 1. The average molecular weight is 304 g/mol. The van der Waals surface area contributed by atoms with E-state index in [4.69, 9.17) is 0 Å². The van der Waals surface area contributed by atoms with Gasteiger partial charge in [-0.15, -0.1) is 0 Å². The molecule has 2 aliphatic heterocycles. The number of nitrogens with zero attached hydrogens (tertiary/aromatic N) is 1. The second kappa shape index (κ2) is 4.83. The minimum atomic E-state index is -1.15. The molecule has 112 valence electrons. The molecule has 0 radical (unpaired) electrons. The van der Waals surface area contributed by atoms with E-state index in [1.54, 1.807) is 0 Å². The summed E-state index contributed by atoms with van der Waals surface area (Å²) >= 11 is 0. The third kappa shape index (κ3) is 1.84. The molecule has 1 aromatic rings. The number of halogens is 1. The minimum Gasteiger partial charge on any atom is -0.298 e. The molecule has 7 nitrogen and oxygen atoms in total. The van der Waals surface area contributed by atoms with E-state index in [-0.39, 0.29) is 30.3 Å². The number of fused-ring (bicyclic) bond motifs is 1. The molecule has 1 saturated heterocycles. The molecular weight excluding hydrogens is 295 g/mol. The molecule has 1 N–H and O–H groups in total. The summed E-state index contributed by atoms with van der Waals surface area (Å²) in [5.41, 5.74) is -0.978. The van der Waals surface area contributed by atoms with Crippen molar-refractivity contribution < 1.29 is 28.4 Å². The first-order valence-electron chi connectivity index (χ1n) is 6.45. The lowest BCUT2D eigenvalue weighted by Crippen LogP contribution is -2.54. The highest BCUT2D eigenvalue weighted by Crippen LogP contribution is 2.30. The Labute approximate surface area is 123 Å². The van der Waals surface area contributed by atoms with Gasteiger partial charge in [-0.05, 0) is 18.6 Å². The number of hydrogen-bond donors (Lipinski definition) is 1. The number of carbonyl (C=O) groups excluding carboxylic acids is 5. The molecule has 1 aromatic carbocycles. The van der Waals surface area contributed by atoms with Crippen LogP contribution in [0.15, 0.2) is 12.1 Å². The van der Waals surface area contributed by atoms with Crippen molar-refractivity contribution in [2.75, 3.05) is 0 Å². The zero-order valence-electron chi connectivity index (χ0n) is 11.1. The third-order valence-electron chi connectivity index (χ3n) is 3.71. The zero-order valence-corrected chi connectivity index (χ0v) is 11.1. The van der Waals surface area contributed by atoms with E-state index in [0.29, 0.717) is 4.90 Å². The molecular formula is C14H9FN2O5. The molecule has 0 aromatic heterocycles. The number of imide groups is 2. The van der Waals surface area contributed by atoms with Gasteiger partial charge in [0, 0.05) is 6.42 Å². The van der Waals surface area contributed by atoms with Crippen LogP contribution in [-0.4, -0.2) is 40.9 Å². The van der Waals surface area contributed by atoms with Gasteiger partial charge in [0.05, 0.1) is 16.7 Å². The monoisotopic (exact) mass is 304 g/mol. The fourth-order valence-corrected chi connectivity index (χ4v) is 2.67. The smallest absolute Gasteiger partial charge is 0.263 e. The second-order valence-corrected chi connectivity index (χ2v) is 4.95. The standard InChI is InChI=1S/C14H9FN2O5/c15-8-2-1-6-11(7(8)5-18)14(22)17(13(6)21)9-3-4-10(19)16-12(9)20/h1-2,5,9H,3-4H2,(H,16,19,20). The molecule has 0 aliphatic carbocycles. The van der Waals surface area contributed by atoms with Crippen LogP contribution < -0.4 is 5.32 Å². The number of nitrogens with one attached hydrogen (secondary N) is 1. The van der Waals surface area contributed by atoms with Gasteiger partial charge in [-0.1, -0.05) is 0 Å². The Morgan fingerprint density at radius 1 is 1.18 bits per heavy atom. The van der Waals surface area contributed by atoms with E-state index in [9.17, 15) is 28.4 Å². The molecule has 1 fully saturated rings. The van der Waals surface area contributed by atoms with Gasteiger partial charge in [-0.3, -0.25) is 34.2 Å². The SMILES string of the molecule is O=Cc1c(F)ccc2c1C(=O)N(C1CCC(=O)NC1=O)C2=O. The molecule has 2 aliphatic rings. The summed E-state index contributed by atoms with van der Waals surface area (Å²) in [6, 6.07) is 0.874. The summed E-state index contributed by atoms with van der Waals surface area (Å²) in [5.74, 6) is -3.86. The lowest BCUT2D eigenvalue weighted by atomic mass is 10.0. The first kappa shape index (κ1) is 14.1. The van der Waals surface area contributed by atoms with Crippen LogP contribution >= 0.6 is 0 Å². The predicted octanol–water partition coefficient (Wildman–Crippen LogP) is 0.0394. The summed E-state index contributed by atoms with van der Waals surface area (Å²) in [6.07, 6.45) is 0.140. The van der Waals surface area contributed by atoms with Gasteiger partial charge in [0.25, 0.3) is 11.8 Å². The third-order valence-corrected chi connectivity index (χ3v) is 3.71. The van der Waals surface area contributed by atoms with Crippen molar-refractivity contribution in [2.24, 2.45) is 0 Å². The van der Waals surface area contributed by atoms with Gasteiger partial charge >= 0.3 is 0 Å². The largest absolute Gasteiger partial charge is 0.298 e. The lowest BCUT2D eigenvalue weighted by molar-refractivity contribution is -0.136. The number of amides is 4. The van der Waals surface area contributed by atoms with Gasteiger partial charge in [-0.2, -0.15) is 0 Å². The highest BCUT2D eigenvalue weighted by molar-refractivity contribution is 6.25. The summed E-state index contributed by atoms with van der Waals surface area (Å²) in [5, 5.41) is 2.05. The van der Waals surface area contributed by atoms with Crippen molar-refractivity contribution in [1.29, 1.82) is 0 Å². The molecule has 1 unspecified atom stereocenters. The van der Waals surface area contributed by atoms with Crippen LogP contribution in [0, 0.1) is 5.82 Å². The molecule has 1 atom stereocenters. The average Bonchev–Trinajstić information content (AvgIpc) is 2.72. The Balaban J connectivity index is 2.06. The first-order chi connectivity index (χ1) is 10.5. The molecule has 3 rings (SSSR count). The molecule has 0 spiro atoms. The second-order valence-electron chi connectivity index (χ2n) is 4.95. The number of hydrogen-bond acceptors (Lipinski definition) is 5. The van der Waals surface area contributed by atoms with Crippen molar-refractivity contribution in [3.8, 4) is 0 Å². The van der Waals surface area contributed by atoms with Crippen molar-refractivity contribution in [2.45, 2.75) is 18.9 Å². The molecule has 4 amide bonds. The van der Waals surface area contributed by atoms with Crippen LogP contribution in [0.1, 0.15) is 43.9 Å². The number of benzene rings is 1.